The fourth-order valence-corrected chi connectivity index (χ4v) is 4.79. The standard InChI is InChI=1S/C24H35N7/c1-27-9-13-29(14-10-27)15-18-31-8-7-21-19-25-23(26-24(21)31)20-3-5-22(6-4-20)30-16-11-28(2)12-17-30/h3-6,19H,7-18H2,1-2H3. The number of hydrogen-bond donors (Lipinski definition) is 0. The molecule has 0 N–H and O–H groups in total. The first-order chi connectivity index (χ1) is 15.2. The molecule has 0 aliphatic carbocycles. The summed E-state index contributed by atoms with van der Waals surface area (Å²) in [6.45, 7) is 12.4. The Balaban J connectivity index is 1.25. The Morgan fingerprint density at radius 2 is 1.45 bits per heavy atom. The quantitative estimate of drug-likeness (QED) is 0.725. The maximum atomic E-state index is 5.00. The van der Waals surface area contributed by atoms with Crippen LogP contribution in [0.15, 0.2) is 30.5 Å². The monoisotopic (exact) mass is 421 g/mol. The van der Waals surface area contributed by atoms with Crippen molar-refractivity contribution < 1.29 is 0 Å². The van der Waals surface area contributed by atoms with E-state index in [1.165, 1.54) is 37.4 Å². The molecule has 1 aromatic heterocycles. The smallest absolute Gasteiger partial charge is 0.161 e. The van der Waals surface area contributed by atoms with Gasteiger partial charge in [0.25, 0.3) is 0 Å². The Hall–Kier alpha value is -2.22. The van der Waals surface area contributed by atoms with Gasteiger partial charge in [0.2, 0.25) is 0 Å². The van der Waals surface area contributed by atoms with Gasteiger partial charge in [-0.1, -0.05) is 0 Å². The minimum atomic E-state index is 0.843. The minimum Gasteiger partial charge on any atom is -0.369 e. The number of nitrogens with zero attached hydrogens (tertiary/aromatic N) is 7. The van der Waals surface area contributed by atoms with Crippen LogP contribution in [0.5, 0.6) is 0 Å². The summed E-state index contributed by atoms with van der Waals surface area (Å²) in [4.78, 5) is 22.0. The summed E-state index contributed by atoms with van der Waals surface area (Å²) >= 11 is 0. The van der Waals surface area contributed by atoms with Crippen LogP contribution in [0.2, 0.25) is 0 Å². The average Bonchev–Trinajstić information content (AvgIpc) is 3.22. The van der Waals surface area contributed by atoms with Crippen LogP contribution in [-0.2, 0) is 6.42 Å². The van der Waals surface area contributed by atoms with E-state index in [9.17, 15) is 0 Å². The predicted octanol–water partition coefficient (Wildman–Crippen LogP) is 1.51. The molecule has 0 radical (unpaired) electrons. The summed E-state index contributed by atoms with van der Waals surface area (Å²) in [5.74, 6) is 1.98. The lowest BCUT2D eigenvalue weighted by atomic mass is 10.1. The predicted molar refractivity (Wildman–Crippen MR) is 127 cm³/mol. The van der Waals surface area contributed by atoms with Gasteiger partial charge in [0.15, 0.2) is 5.82 Å². The summed E-state index contributed by atoms with van der Waals surface area (Å²) in [7, 11) is 4.41. The van der Waals surface area contributed by atoms with E-state index in [-0.39, 0.29) is 0 Å². The molecule has 0 saturated carbocycles. The van der Waals surface area contributed by atoms with Gasteiger partial charge in [-0.05, 0) is 44.8 Å². The normalized spacial score (nSPS) is 21.0. The molecular weight excluding hydrogens is 386 g/mol. The number of aromatic nitrogens is 2. The number of piperazine rings is 2. The third-order valence-electron chi connectivity index (χ3n) is 7.07. The summed E-state index contributed by atoms with van der Waals surface area (Å²) < 4.78 is 0. The SMILES string of the molecule is CN1CCN(CCN2CCc3cnc(-c4ccc(N5CCN(C)CC5)cc4)nc32)CC1. The fraction of sp³-hybridized carbons (Fsp3) is 0.583. The van der Waals surface area contributed by atoms with Crippen molar-refractivity contribution in [1.29, 1.82) is 0 Å². The van der Waals surface area contributed by atoms with Crippen molar-refractivity contribution in [2.75, 3.05) is 95.9 Å². The van der Waals surface area contributed by atoms with Crippen molar-refractivity contribution in [3.05, 3.63) is 36.0 Å². The number of rotatable bonds is 5. The van der Waals surface area contributed by atoms with E-state index in [1.807, 2.05) is 6.20 Å². The second-order valence-corrected chi connectivity index (χ2v) is 9.26. The molecule has 2 fully saturated rings. The van der Waals surface area contributed by atoms with Crippen LogP contribution in [-0.4, -0.2) is 111 Å². The van der Waals surface area contributed by atoms with E-state index in [4.69, 9.17) is 9.97 Å². The van der Waals surface area contributed by atoms with Gasteiger partial charge in [0, 0.05) is 95.0 Å². The first-order valence-corrected chi connectivity index (χ1v) is 11.7. The van der Waals surface area contributed by atoms with Crippen molar-refractivity contribution in [2.24, 2.45) is 0 Å². The number of anilines is 2. The van der Waals surface area contributed by atoms with Gasteiger partial charge in [-0.25, -0.2) is 9.97 Å². The summed E-state index contributed by atoms with van der Waals surface area (Å²) in [5.41, 5.74) is 3.69. The van der Waals surface area contributed by atoms with Gasteiger partial charge >= 0.3 is 0 Å². The van der Waals surface area contributed by atoms with Crippen molar-refractivity contribution in [1.82, 2.24) is 24.7 Å². The molecule has 0 spiro atoms. The summed E-state index contributed by atoms with van der Waals surface area (Å²) in [6.07, 6.45) is 3.10. The highest BCUT2D eigenvalue weighted by atomic mass is 15.3. The minimum absolute atomic E-state index is 0.843. The van der Waals surface area contributed by atoms with Crippen LogP contribution < -0.4 is 9.80 Å². The van der Waals surface area contributed by atoms with Crippen molar-refractivity contribution >= 4 is 11.5 Å². The Bertz CT molecular complexity index is 868. The molecule has 4 heterocycles. The molecule has 1 aromatic carbocycles. The average molecular weight is 422 g/mol. The fourth-order valence-electron chi connectivity index (χ4n) is 4.79. The Morgan fingerprint density at radius 3 is 2.16 bits per heavy atom. The van der Waals surface area contributed by atoms with E-state index in [0.29, 0.717) is 0 Å². The lowest BCUT2D eigenvalue weighted by molar-refractivity contribution is 0.157. The Labute approximate surface area is 186 Å². The van der Waals surface area contributed by atoms with Crippen molar-refractivity contribution in [3.63, 3.8) is 0 Å². The van der Waals surface area contributed by atoms with Gasteiger partial charge in [-0.2, -0.15) is 0 Å². The van der Waals surface area contributed by atoms with E-state index >= 15 is 0 Å². The van der Waals surface area contributed by atoms with E-state index in [1.54, 1.807) is 0 Å². The lowest BCUT2D eigenvalue weighted by Gasteiger charge is -2.34. The lowest BCUT2D eigenvalue weighted by Crippen LogP contribution is -2.46. The van der Waals surface area contributed by atoms with Crippen LogP contribution in [0.4, 0.5) is 11.5 Å². The van der Waals surface area contributed by atoms with Crippen molar-refractivity contribution in [3.8, 4) is 11.4 Å². The van der Waals surface area contributed by atoms with Crippen LogP contribution in [0.25, 0.3) is 11.4 Å². The zero-order chi connectivity index (χ0) is 21.2. The van der Waals surface area contributed by atoms with Crippen LogP contribution >= 0.6 is 0 Å². The maximum Gasteiger partial charge on any atom is 0.161 e. The number of likely N-dealkylation sites (N-methyl/N-ethyl adjacent to an activating group) is 2. The Morgan fingerprint density at radius 1 is 0.774 bits per heavy atom. The summed E-state index contributed by atoms with van der Waals surface area (Å²) in [6, 6.07) is 8.81. The molecule has 0 amide bonds. The molecule has 0 unspecified atom stereocenters. The first-order valence-electron chi connectivity index (χ1n) is 11.7. The van der Waals surface area contributed by atoms with E-state index in [2.05, 4.69) is 62.9 Å². The van der Waals surface area contributed by atoms with Gasteiger partial charge in [-0.3, -0.25) is 4.90 Å². The molecule has 2 aromatic rings. The van der Waals surface area contributed by atoms with Gasteiger partial charge in [0.1, 0.15) is 5.82 Å². The van der Waals surface area contributed by atoms with E-state index in [0.717, 1.165) is 69.4 Å². The number of fused-ring (bicyclic) bond motifs is 1. The molecular formula is C24H35N7. The van der Waals surface area contributed by atoms with Crippen molar-refractivity contribution in [2.45, 2.75) is 6.42 Å². The molecule has 7 heteroatoms. The number of hydrogen-bond acceptors (Lipinski definition) is 7. The molecule has 31 heavy (non-hydrogen) atoms. The van der Waals surface area contributed by atoms with E-state index < -0.39 is 0 Å². The highest BCUT2D eigenvalue weighted by molar-refractivity contribution is 5.63. The maximum absolute atomic E-state index is 5.00. The van der Waals surface area contributed by atoms with Gasteiger partial charge < -0.3 is 19.6 Å². The topological polar surface area (TPSA) is 42.0 Å². The molecule has 5 rings (SSSR count). The second kappa shape index (κ2) is 9.10. The number of benzene rings is 1. The molecule has 3 aliphatic rings. The largest absolute Gasteiger partial charge is 0.369 e. The zero-order valence-corrected chi connectivity index (χ0v) is 19.0. The molecule has 7 nitrogen and oxygen atoms in total. The van der Waals surface area contributed by atoms with Crippen LogP contribution in [0, 0.1) is 0 Å². The second-order valence-electron chi connectivity index (χ2n) is 9.26. The first kappa shape index (κ1) is 20.7. The molecule has 2 saturated heterocycles. The Kier molecular flexibility index (Phi) is 6.07. The third-order valence-corrected chi connectivity index (χ3v) is 7.07. The highest BCUT2D eigenvalue weighted by Crippen LogP contribution is 2.28. The molecule has 0 atom stereocenters. The van der Waals surface area contributed by atoms with Gasteiger partial charge in [-0.15, -0.1) is 0 Å². The van der Waals surface area contributed by atoms with Gasteiger partial charge in [0.05, 0.1) is 0 Å². The molecule has 3 aliphatic heterocycles. The van der Waals surface area contributed by atoms with Crippen LogP contribution in [0.3, 0.4) is 0 Å². The van der Waals surface area contributed by atoms with Crippen LogP contribution in [0.1, 0.15) is 5.56 Å². The highest BCUT2D eigenvalue weighted by Gasteiger charge is 2.23. The summed E-state index contributed by atoms with van der Waals surface area (Å²) in [5, 5.41) is 0. The zero-order valence-electron chi connectivity index (χ0n) is 19.0. The molecule has 0 bridgehead atoms. The molecule has 166 valence electrons. The third kappa shape index (κ3) is 4.68.